The number of nitrogens with one attached hydrogen (secondary N) is 1. The summed E-state index contributed by atoms with van der Waals surface area (Å²) in [5.74, 6) is 2.57. The summed E-state index contributed by atoms with van der Waals surface area (Å²) in [5.41, 5.74) is 0.588. The molecule has 0 saturated carbocycles. The zero-order chi connectivity index (χ0) is 12.8. The zero-order valence-corrected chi connectivity index (χ0v) is 10.2. The highest BCUT2D eigenvalue weighted by molar-refractivity contribution is 6.30. The number of nitro benzene ring substituents is 1. The van der Waals surface area contributed by atoms with E-state index >= 15 is 0 Å². The predicted molar refractivity (Wildman–Crippen MR) is 67.9 cm³/mol. The van der Waals surface area contributed by atoms with Gasteiger partial charge in [-0.05, 0) is 18.6 Å². The molecule has 90 valence electrons. The minimum atomic E-state index is -0.426. The van der Waals surface area contributed by atoms with Crippen molar-refractivity contribution in [2.24, 2.45) is 0 Å². The molecule has 0 bridgehead atoms. The lowest BCUT2D eigenvalue weighted by atomic mass is 10.1. The van der Waals surface area contributed by atoms with Crippen LogP contribution in [-0.2, 0) is 6.54 Å². The quantitative estimate of drug-likeness (QED) is 0.498. The lowest BCUT2D eigenvalue weighted by molar-refractivity contribution is -0.385. The zero-order valence-electron chi connectivity index (χ0n) is 9.44. The number of hydrogen-bond acceptors (Lipinski definition) is 3. The Morgan fingerprint density at radius 1 is 1.65 bits per heavy atom. The van der Waals surface area contributed by atoms with E-state index in [4.69, 9.17) is 18.0 Å². The maximum Gasteiger partial charge on any atom is 0.273 e. The van der Waals surface area contributed by atoms with Crippen LogP contribution in [0.4, 0.5) is 5.69 Å². The summed E-state index contributed by atoms with van der Waals surface area (Å²) < 4.78 is 0. The molecule has 1 atom stereocenters. The highest BCUT2D eigenvalue weighted by Gasteiger charge is 2.14. The molecule has 1 rings (SSSR count). The molecular formula is C12H13ClN2O2. The summed E-state index contributed by atoms with van der Waals surface area (Å²) in [6.45, 7) is 2.28. The Morgan fingerprint density at radius 3 is 2.88 bits per heavy atom. The van der Waals surface area contributed by atoms with Crippen molar-refractivity contribution in [2.75, 3.05) is 0 Å². The first-order chi connectivity index (χ1) is 8.08. The third kappa shape index (κ3) is 3.74. The summed E-state index contributed by atoms with van der Waals surface area (Å²) in [5, 5.41) is 14.3. The molecule has 0 aromatic heterocycles. The van der Waals surface area contributed by atoms with Gasteiger partial charge in [-0.1, -0.05) is 24.4 Å². The fraction of sp³-hybridized carbons (Fsp3) is 0.333. The third-order valence-corrected chi connectivity index (χ3v) is 2.62. The molecule has 1 N–H and O–H groups in total. The smallest absolute Gasteiger partial charge is 0.273 e. The Morgan fingerprint density at radius 2 is 2.35 bits per heavy atom. The molecule has 0 fully saturated rings. The fourth-order valence-corrected chi connectivity index (χ4v) is 1.62. The van der Waals surface area contributed by atoms with Crippen LogP contribution in [0.25, 0.3) is 0 Å². The lowest BCUT2D eigenvalue weighted by Crippen LogP contribution is -2.26. The molecule has 1 aromatic rings. The maximum atomic E-state index is 10.8. The van der Waals surface area contributed by atoms with E-state index < -0.39 is 4.92 Å². The van der Waals surface area contributed by atoms with Crippen molar-refractivity contribution in [1.29, 1.82) is 0 Å². The minimum Gasteiger partial charge on any atom is -0.299 e. The van der Waals surface area contributed by atoms with Crippen molar-refractivity contribution in [3.05, 3.63) is 38.9 Å². The average Bonchev–Trinajstić information content (AvgIpc) is 2.30. The van der Waals surface area contributed by atoms with Gasteiger partial charge in [-0.25, -0.2) is 0 Å². The molecule has 17 heavy (non-hydrogen) atoms. The van der Waals surface area contributed by atoms with Crippen LogP contribution in [0.5, 0.6) is 0 Å². The number of nitrogens with zero attached hydrogens (tertiary/aromatic N) is 1. The second kappa shape index (κ2) is 6.24. The molecule has 1 aromatic carbocycles. The van der Waals surface area contributed by atoms with E-state index in [1.807, 2.05) is 6.92 Å². The van der Waals surface area contributed by atoms with Crippen LogP contribution in [0.1, 0.15) is 18.9 Å². The predicted octanol–water partition coefficient (Wildman–Crippen LogP) is 2.75. The van der Waals surface area contributed by atoms with Crippen LogP contribution in [0.15, 0.2) is 18.2 Å². The van der Waals surface area contributed by atoms with Crippen molar-refractivity contribution in [3.8, 4) is 12.3 Å². The monoisotopic (exact) mass is 252 g/mol. The van der Waals surface area contributed by atoms with Gasteiger partial charge in [0, 0.05) is 23.2 Å². The molecule has 5 heteroatoms. The van der Waals surface area contributed by atoms with E-state index in [0.717, 1.165) is 6.42 Å². The van der Waals surface area contributed by atoms with Gasteiger partial charge in [0.15, 0.2) is 0 Å². The number of nitro groups is 1. The van der Waals surface area contributed by atoms with Crippen molar-refractivity contribution in [1.82, 2.24) is 5.32 Å². The molecule has 0 amide bonds. The van der Waals surface area contributed by atoms with Gasteiger partial charge < -0.3 is 0 Å². The highest BCUT2D eigenvalue weighted by atomic mass is 35.5. The second-order valence-corrected chi connectivity index (χ2v) is 3.97. The third-order valence-electron chi connectivity index (χ3n) is 2.39. The molecule has 0 spiro atoms. The van der Waals surface area contributed by atoms with E-state index in [1.165, 1.54) is 12.1 Å². The Bertz CT molecular complexity index is 454. The van der Waals surface area contributed by atoms with Crippen molar-refractivity contribution in [2.45, 2.75) is 25.9 Å². The Hall–Kier alpha value is -1.57. The molecular weight excluding hydrogens is 240 g/mol. The van der Waals surface area contributed by atoms with Crippen LogP contribution in [0, 0.1) is 22.5 Å². The van der Waals surface area contributed by atoms with E-state index in [1.54, 1.807) is 6.07 Å². The Kier molecular flexibility index (Phi) is 4.95. The summed E-state index contributed by atoms with van der Waals surface area (Å²) >= 11 is 5.81. The Labute approximate surface area is 105 Å². The van der Waals surface area contributed by atoms with Crippen LogP contribution in [0.2, 0.25) is 5.02 Å². The largest absolute Gasteiger partial charge is 0.299 e. The van der Waals surface area contributed by atoms with Gasteiger partial charge in [0.2, 0.25) is 0 Å². The normalized spacial score (nSPS) is 11.8. The van der Waals surface area contributed by atoms with Gasteiger partial charge in [-0.2, -0.15) is 0 Å². The standard InChI is InChI=1S/C12H13ClN2O2/c1-3-11(4-2)14-8-9-7-10(13)5-6-12(9)15(16)17/h1,5-7,11,14H,4,8H2,2H3. The molecule has 1 unspecified atom stereocenters. The van der Waals surface area contributed by atoms with Gasteiger partial charge in [0.1, 0.15) is 0 Å². The van der Waals surface area contributed by atoms with Crippen molar-refractivity contribution in [3.63, 3.8) is 0 Å². The molecule has 0 saturated heterocycles. The molecule has 0 aliphatic heterocycles. The van der Waals surface area contributed by atoms with Crippen LogP contribution in [-0.4, -0.2) is 11.0 Å². The number of terminal acetylenes is 1. The average molecular weight is 253 g/mol. The molecule has 0 heterocycles. The van der Waals surface area contributed by atoms with Gasteiger partial charge in [-0.15, -0.1) is 6.42 Å². The number of benzene rings is 1. The van der Waals surface area contributed by atoms with Crippen LogP contribution in [0.3, 0.4) is 0 Å². The van der Waals surface area contributed by atoms with E-state index in [0.29, 0.717) is 17.1 Å². The summed E-state index contributed by atoms with van der Waals surface area (Å²) in [6.07, 6.45) is 6.07. The summed E-state index contributed by atoms with van der Waals surface area (Å²) in [4.78, 5) is 10.4. The van der Waals surface area contributed by atoms with E-state index in [9.17, 15) is 10.1 Å². The van der Waals surface area contributed by atoms with Crippen LogP contribution >= 0.6 is 11.6 Å². The topological polar surface area (TPSA) is 55.2 Å². The van der Waals surface area contributed by atoms with Gasteiger partial charge >= 0.3 is 0 Å². The molecule has 4 nitrogen and oxygen atoms in total. The number of hydrogen-bond donors (Lipinski definition) is 1. The summed E-state index contributed by atoms with van der Waals surface area (Å²) in [6, 6.07) is 4.39. The van der Waals surface area contributed by atoms with Crippen LogP contribution < -0.4 is 5.32 Å². The minimum absolute atomic E-state index is 0.0498. The number of rotatable bonds is 5. The van der Waals surface area contributed by atoms with E-state index in [-0.39, 0.29) is 11.7 Å². The first-order valence-electron chi connectivity index (χ1n) is 5.20. The Balaban J connectivity index is 2.86. The first kappa shape index (κ1) is 13.5. The summed E-state index contributed by atoms with van der Waals surface area (Å²) in [7, 11) is 0. The SMILES string of the molecule is C#CC(CC)NCc1cc(Cl)ccc1[N+](=O)[O-]. The highest BCUT2D eigenvalue weighted by Crippen LogP contribution is 2.22. The van der Waals surface area contributed by atoms with Crippen molar-refractivity contribution < 1.29 is 4.92 Å². The van der Waals surface area contributed by atoms with Gasteiger partial charge in [-0.3, -0.25) is 15.4 Å². The first-order valence-corrected chi connectivity index (χ1v) is 5.58. The van der Waals surface area contributed by atoms with E-state index in [2.05, 4.69) is 11.2 Å². The molecule has 0 aliphatic rings. The molecule has 0 aliphatic carbocycles. The number of halogens is 1. The maximum absolute atomic E-state index is 10.8. The van der Waals surface area contributed by atoms with Crippen molar-refractivity contribution >= 4 is 17.3 Å². The fourth-order valence-electron chi connectivity index (χ4n) is 1.43. The lowest BCUT2D eigenvalue weighted by Gasteiger charge is -2.10. The second-order valence-electron chi connectivity index (χ2n) is 3.54. The van der Waals surface area contributed by atoms with Gasteiger partial charge in [0.05, 0.1) is 11.0 Å². The molecule has 0 radical (unpaired) electrons. The van der Waals surface area contributed by atoms with Gasteiger partial charge in [0.25, 0.3) is 5.69 Å².